The predicted octanol–water partition coefficient (Wildman–Crippen LogP) is 3.87. The molecule has 0 saturated heterocycles. The van der Waals surface area contributed by atoms with Crippen LogP contribution in [0.2, 0.25) is 5.02 Å². The average Bonchev–Trinajstić information content (AvgIpc) is 2.49. The molecule has 104 valence electrons. The Morgan fingerprint density at radius 1 is 1.05 bits per heavy atom. The molecule has 0 aliphatic carbocycles. The minimum absolute atomic E-state index is 0.0534. The van der Waals surface area contributed by atoms with E-state index in [-0.39, 0.29) is 17.6 Å². The second-order valence-electron chi connectivity index (χ2n) is 4.68. The monoisotopic (exact) mass is 298 g/mol. The predicted molar refractivity (Wildman–Crippen MR) is 82.0 cm³/mol. The lowest BCUT2D eigenvalue weighted by molar-refractivity contribution is 0.0987. The smallest absolute Gasteiger partial charge is 0.193 e. The van der Waals surface area contributed by atoms with E-state index in [1.54, 1.807) is 42.5 Å². The molecule has 0 bridgehead atoms. The number of carbonyl (C=O) groups excluding carboxylic acids is 1. The van der Waals surface area contributed by atoms with Crippen LogP contribution in [-0.4, -0.2) is 5.78 Å². The Kier molecular flexibility index (Phi) is 3.59. The molecule has 0 amide bonds. The molecule has 2 aromatic carbocycles. The molecule has 0 atom stereocenters. The van der Waals surface area contributed by atoms with Gasteiger partial charge in [0.1, 0.15) is 11.3 Å². The largest absolute Gasteiger partial charge is 0.460 e. The molecule has 3 nitrogen and oxygen atoms in total. The fraction of sp³-hybridized carbons (Fsp3) is 0.0588. The number of ketones is 1. The molecule has 0 radical (unpaired) electrons. The van der Waals surface area contributed by atoms with Gasteiger partial charge in [-0.05, 0) is 18.2 Å². The highest BCUT2D eigenvalue weighted by molar-refractivity contribution is 6.31. The van der Waals surface area contributed by atoms with Crippen molar-refractivity contribution in [2.75, 3.05) is 0 Å². The van der Waals surface area contributed by atoms with Crippen molar-refractivity contribution in [1.29, 1.82) is 0 Å². The summed E-state index contributed by atoms with van der Waals surface area (Å²) in [5.74, 6) is 0.260. The quantitative estimate of drug-likeness (QED) is 0.690. The van der Waals surface area contributed by atoms with Crippen LogP contribution in [0.4, 0.5) is 0 Å². The number of fused-ring (bicyclic) bond motifs is 1. The molecule has 1 aromatic heterocycles. The van der Waals surface area contributed by atoms with Crippen LogP contribution in [0.3, 0.4) is 0 Å². The molecule has 0 saturated carbocycles. The highest BCUT2D eigenvalue weighted by Gasteiger charge is 2.11. The van der Waals surface area contributed by atoms with Crippen molar-refractivity contribution in [2.24, 2.45) is 0 Å². The van der Waals surface area contributed by atoms with Crippen LogP contribution in [0.5, 0.6) is 0 Å². The van der Waals surface area contributed by atoms with Crippen LogP contribution in [-0.2, 0) is 6.42 Å². The van der Waals surface area contributed by atoms with Crippen LogP contribution in [0.25, 0.3) is 11.0 Å². The van der Waals surface area contributed by atoms with Gasteiger partial charge in [-0.25, -0.2) is 0 Å². The highest BCUT2D eigenvalue weighted by Crippen LogP contribution is 2.18. The molecule has 0 fully saturated rings. The van der Waals surface area contributed by atoms with Gasteiger partial charge in [-0.1, -0.05) is 41.9 Å². The molecule has 3 rings (SSSR count). The van der Waals surface area contributed by atoms with E-state index in [9.17, 15) is 9.59 Å². The third-order valence-electron chi connectivity index (χ3n) is 3.17. The van der Waals surface area contributed by atoms with Gasteiger partial charge in [0.2, 0.25) is 0 Å². The first-order chi connectivity index (χ1) is 10.1. The number of halogens is 1. The molecule has 0 aliphatic rings. The maximum atomic E-state index is 12.1. The zero-order chi connectivity index (χ0) is 14.8. The maximum absolute atomic E-state index is 12.1. The van der Waals surface area contributed by atoms with Gasteiger partial charge in [-0.15, -0.1) is 0 Å². The van der Waals surface area contributed by atoms with Gasteiger partial charge in [0, 0.05) is 16.7 Å². The summed E-state index contributed by atoms with van der Waals surface area (Å²) in [6, 6.07) is 15.1. The highest BCUT2D eigenvalue weighted by atomic mass is 35.5. The number of rotatable bonds is 3. The standard InChI is InChI=1S/C17H11ClO3/c18-12-6-7-17-14(8-12)16(20)10-13(21-17)9-15(19)11-4-2-1-3-5-11/h1-8,10H,9H2. The van der Waals surface area contributed by atoms with Crippen molar-refractivity contribution >= 4 is 28.4 Å². The summed E-state index contributed by atoms with van der Waals surface area (Å²) in [7, 11) is 0. The van der Waals surface area contributed by atoms with Crippen LogP contribution in [0, 0.1) is 0 Å². The molecular formula is C17H11ClO3. The van der Waals surface area contributed by atoms with Crippen LogP contribution >= 0.6 is 11.6 Å². The van der Waals surface area contributed by atoms with Gasteiger partial charge in [-0.3, -0.25) is 9.59 Å². The lowest BCUT2D eigenvalue weighted by atomic mass is 10.1. The van der Waals surface area contributed by atoms with E-state index in [4.69, 9.17) is 16.0 Å². The van der Waals surface area contributed by atoms with Crippen LogP contribution < -0.4 is 5.43 Å². The maximum Gasteiger partial charge on any atom is 0.193 e. The first-order valence-corrected chi connectivity index (χ1v) is 6.82. The van der Waals surface area contributed by atoms with E-state index >= 15 is 0 Å². The van der Waals surface area contributed by atoms with Crippen molar-refractivity contribution in [3.05, 3.63) is 81.2 Å². The van der Waals surface area contributed by atoms with Gasteiger partial charge >= 0.3 is 0 Å². The summed E-state index contributed by atoms with van der Waals surface area (Å²) >= 11 is 5.86. The Labute approximate surface area is 125 Å². The first-order valence-electron chi connectivity index (χ1n) is 6.44. The van der Waals surface area contributed by atoms with E-state index < -0.39 is 0 Å². The number of Topliss-reactive ketones (excluding diaryl/α,β-unsaturated/α-hetero) is 1. The lowest BCUT2D eigenvalue weighted by Crippen LogP contribution is -2.07. The van der Waals surface area contributed by atoms with Gasteiger partial charge in [0.25, 0.3) is 0 Å². The fourth-order valence-electron chi connectivity index (χ4n) is 2.15. The average molecular weight is 299 g/mol. The normalized spacial score (nSPS) is 10.7. The minimum Gasteiger partial charge on any atom is -0.460 e. The number of carbonyl (C=O) groups is 1. The Morgan fingerprint density at radius 3 is 2.57 bits per heavy atom. The molecule has 3 aromatic rings. The van der Waals surface area contributed by atoms with Gasteiger partial charge < -0.3 is 4.42 Å². The number of hydrogen-bond donors (Lipinski definition) is 0. The Hall–Kier alpha value is -2.39. The summed E-state index contributed by atoms with van der Waals surface area (Å²) in [5.41, 5.74) is 0.828. The Balaban J connectivity index is 1.97. The minimum atomic E-state index is -0.199. The van der Waals surface area contributed by atoms with Crippen molar-refractivity contribution in [3.63, 3.8) is 0 Å². The molecular weight excluding hydrogens is 288 g/mol. The zero-order valence-electron chi connectivity index (χ0n) is 11.0. The number of hydrogen-bond acceptors (Lipinski definition) is 3. The summed E-state index contributed by atoms with van der Waals surface area (Å²) in [6.07, 6.45) is 0.0534. The molecule has 21 heavy (non-hydrogen) atoms. The summed E-state index contributed by atoms with van der Waals surface area (Å²) < 4.78 is 5.61. The summed E-state index contributed by atoms with van der Waals surface area (Å²) in [4.78, 5) is 24.2. The second kappa shape index (κ2) is 5.54. The molecule has 0 N–H and O–H groups in total. The second-order valence-corrected chi connectivity index (χ2v) is 5.12. The van der Waals surface area contributed by atoms with E-state index in [1.165, 1.54) is 6.07 Å². The van der Waals surface area contributed by atoms with Gasteiger partial charge in [0.05, 0.1) is 11.8 Å². The first kappa shape index (κ1) is 13.6. The molecule has 1 heterocycles. The third-order valence-corrected chi connectivity index (χ3v) is 3.41. The van der Waals surface area contributed by atoms with E-state index in [2.05, 4.69) is 0 Å². The lowest BCUT2D eigenvalue weighted by Gasteiger charge is -2.03. The SMILES string of the molecule is O=C(Cc1cc(=O)c2cc(Cl)ccc2o1)c1ccccc1. The molecule has 0 unspecified atom stereocenters. The van der Waals surface area contributed by atoms with E-state index in [1.807, 2.05) is 6.07 Å². The van der Waals surface area contributed by atoms with Gasteiger partial charge in [0.15, 0.2) is 11.2 Å². The van der Waals surface area contributed by atoms with Gasteiger partial charge in [-0.2, -0.15) is 0 Å². The zero-order valence-corrected chi connectivity index (χ0v) is 11.8. The van der Waals surface area contributed by atoms with Crippen molar-refractivity contribution in [1.82, 2.24) is 0 Å². The van der Waals surface area contributed by atoms with E-state index in [0.717, 1.165) is 0 Å². The Bertz CT molecular complexity index is 866. The Morgan fingerprint density at radius 2 is 1.81 bits per heavy atom. The van der Waals surface area contributed by atoms with Crippen LogP contribution in [0.15, 0.2) is 63.8 Å². The van der Waals surface area contributed by atoms with Crippen molar-refractivity contribution in [2.45, 2.75) is 6.42 Å². The third kappa shape index (κ3) is 2.88. The molecule has 0 spiro atoms. The fourth-order valence-corrected chi connectivity index (χ4v) is 2.32. The van der Waals surface area contributed by atoms with E-state index in [0.29, 0.717) is 27.3 Å². The topological polar surface area (TPSA) is 47.3 Å². The number of benzene rings is 2. The van der Waals surface area contributed by atoms with Crippen molar-refractivity contribution < 1.29 is 9.21 Å². The molecule has 4 heteroatoms. The summed E-state index contributed by atoms with van der Waals surface area (Å²) in [6.45, 7) is 0. The summed E-state index contributed by atoms with van der Waals surface area (Å²) in [5, 5.41) is 0.890. The van der Waals surface area contributed by atoms with Crippen molar-refractivity contribution in [3.8, 4) is 0 Å². The molecule has 0 aliphatic heterocycles. The van der Waals surface area contributed by atoms with Crippen LogP contribution in [0.1, 0.15) is 16.1 Å².